The largest absolute Gasteiger partial charge is 0.383 e. The number of benzene rings is 1. The number of nitro groups is 1. The van der Waals surface area contributed by atoms with Crippen LogP contribution in [-0.4, -0.2) is 41.2 Å². The first-order valence-corrected chi connectivity index (χ1v) is 8.07. The lowest BCUT2D eigenvalue weighted by atomic mass is 10.2. The Morgan fingerprint density at radius 2 is 2.16 bits per heavy atom. The van der Waals surface area contributed by atoms with Gasteiger partial charge in [-0.25, -0.2) is 9.97 Å². The van der Waals surface area contributed by atoms with E-state index in [-0.39, 0.29) is 23.4 Å². The number of hydrogen-bond donors (Lipinski definition) is 1. The Hall–Kier alpha value is -2.74. The van der Waals surface area contributed by atoms with Gasteiger partial charge in [0.2, 0.25) is 11.6 Å². The zero-order valence-corrected chi connectivity index (χ0v) is 14.9. The van der Waals surface area contributed by atoms with Crippen molar-refractivity contribution in [1.29, 1.82) is 0 Å². The first-order chi connectivity index (χ1) is 12.0. The van der Waals surface area contributed by atoms with Crippen molar-refractivity contribution in [3.05, 3.63) is 46.3 Å². The number of anilines is 3. The lowest BCUT2D eigenvalue weighted by Gasteiger charge is -2.23. The summed E-state index contributed by atoms with van der Waals surface area (Å²) in [5, 5.41) is 14.8. The summed E-state index contributed by atoms with van der Waals surface area (Å²) in [4.78, 5) is 21.3. The molecule has 0 aliphatic carbocycles. The van der Waals surface area contributed by atoms with Crippen LogP contribution in [0.15, 0.2) is 30.6 Å². The molecule has 1 unspecified atom stereocenters. The average Bonchev–Trinajstić information content (AvgIpc) is 2.55. The second kappa shape index (κ2) is 8.39. The van der Waals surface area contributed by atoms with Crippen LogP contribution in [0.3, 0.4) is 0 Å². The Morgan fingerprint density at radius 3 is 2.76 bits per heavy atom. The van der Waals surface area contributed by atoms with Gasteiger partial charge < -0.3 is 15.0 Å². The molecule has 25 heavy (non-hydrogen) atoms. The van der Waals surface area contributed by atoms with Crippen molar-refractivity contribution in [2.45, 2.75) is 26.8 Å². The van der Waals surface area contributed by atoms with E-state index in [9.17, 15) is 10.1 Å². The zero-order chi connectivity index (χ0) is 18.4. The van der Waals surface area contributed by atoms with E-state index >= 15 is 0 Å². The fourth-order valence-electron chi connectivity index (χ4n) is 2.62. The highest BCUT2D eigenvalue weighted by molar-refractivity contribution is 5.75. The molecule has 1 heterocycles. The molecule has 1 atom stereocenters. The van der Waals surface area contributed by atoms with Crippen molar-refractivity contribution in [3.8, 4) is 0 Å². The monoisotopic (exact) mass is 345 g/mol. The highest BCUT2D eigenvalue weighted by Crippen LogP contribution is 2.36. The summed E-state index contributed by atoms with van der Waals surface area (Å²) in [6, 6.07) is 7.64. The highest BCUT2D eigenvalue weighted by atomic mass is 16.6. The van der Waals surface area contributed by atoms with Gasteiger partial charge in [-0.05, 0) is 38.5 Å². The maximum absolute atomic E-state index is 11.7. The van der Waals surface area contributed by atoms with Gasteiger partial charge in [-0.3, -0.25) is 10.1 Å². The lowest BCUT2D eigenvalue weighted by molar-refractivity contribution is -0.383. The number of aromatic nitrogens is 2. The second-order valence-corrected chi connectivity index (χ2v) is 5.74. The van der Waals surface area contributed by atoms with E-state index in [1.54, 1.807) is 12.0 Å². The summed E-state index contributed by atoms with van der Waals surface area (Å²) < 4.78 is 5.07. The average molecular weight is 345 g/mol. The molecule has 1 aromatic carbocycles. The first-order valence-electron chi connectivity index (χ1n) is 8.07. The number of aryl methyl sites for hydroxylation is 1. The van der Waals surface area contributed by atoms with Crippen LogP contribution in [-0.2, 0) is 4.74 Å². The fraction of sp³-hybridized carbons (Fsp3) is 0.412. The van der Waals surface area contributed by atoms with E-state index in [2.05, 4.69) is 15.3 Å². The molecular formula is C17H23N5O3. The van der Waals surface area contributed by atoms with Crippen LogP contribution in [0.25, 0.3) is 0 Å². The third-order valence-corrected chi connectivity index (χ3v) is 3.67. The molecule has 0 fully saturated rings. The summed E-state index contributed by atoms with van der Waals surface area (Å²) in [5.41, 5.74) is 1.77. The molecule has 2 aromatic rings. The minimum Gasteiger partial charge on any atom is -0.383 e. The van der Waals surface area contributed by atoms with E-state index in [1.165, 1.54) is 6.33 Å². The summed E-state index contributed by atoms with van der Waals surface area (Å²) in [6.07, 6.45) is 1.34. The molecule has 0 amide bonds. The first kappa shape index (κ1) is 18.6. The van der Waals surface area contributed by atoms with Gasteiger partial charge in [-0.1, -0.05) is 12.1 Å². The van der Waals surface area contributed by atoms with Crippen LogP contribution in [0.4, 0.5) is 23.0 Å². The fourth-order valence-corrected chi connectivity index (χ4v) is 2.62. The molecule has 0 aliphatic heterocycles. The normalized spacial score (nSPS) is 11.8. The minimum atomic E-state index is -0.449. The lowest BCUT2D eigenvalue weighted by Crippen LogP contribution is -2.24. The van der Waals surface area contributed by atoms with Crippen molar-refractivity contribution < 1.29 is 9.66 Å². The number of hydrogen-bond acceptors (Lipinski definition) is 7. The second-order valence-electron chi connectivity index (χ2n) is 5.74. The number of nitrogens with one attached hydrogen (secondary N) is 1. The van der Waals surface area contributed by atoms with Crippen LogP contribution < -0.4 is 10.2 Å². The molecule has 0 spiro atoms. The van der Waals surface area contributed by atoms with Crippen LogP contribution in [0.5, 0.6) is 0 Å². The minimum absolute atomic E-state index is 0.125. The summed E-state index contributed by atoms with van der Waals surface area (Å²) >= 11 is 0. The van der Waals surface area contributed by atoms with Gasteiger partial charge in [0.15, 0.2) is 0 Å². The quantitative estimate of drug-likeness (QED) is 0.579. The Morgan fingerprint density at radius 1 is 1.40 bits per heavy atom. The molecule has 134 valence electrons. The van der Waals surface area contributed by atoms with E-state index in [0.29, 0.717) is 13.2 Å². The standard InChI is InChI=1S/C17H23N5O3/c1-5-21(14-8-6-7-12(2)9-14)17-15(22(23)24)16(18-11-19-17)20-13(3)10-25-4/h6-9,11,13H,5,10H2,1-4H3,(H,18,19,20). The van der Waals surface area contributed by atoms with Gasteiger partial charge in [0, 0.05) is 25.4 Å². The van der Waals surface area contributed by atoms with Gasteiger partial charge in [0.25, 0.3) is 0 Å². The molecule has 1 N–H and O–H groups in total. The van der Waals surface area contributed by atoms with Crippen LogP contribution in [0.2, 0.25) is 0 Å². The van der Waals surface area contributed by atoms with Crippen LogP contribution in [0, 0.1) is 17.0 Å². The topological polar surface area (TPSA) is 93.4 Å². The van der Waals surface area contributed by atoms with Crippen molar-refractivity contribution in [2.75, 3.05) is 30.5 Å². The van der Waals surface area contributed by atoms with Crippen molar-refractivity contribution >= 4 is 23.0 Å². The Labute approximate surface area is 147 Å². The number of methoxy groups -OCH3 is 1. The van der Waals surface area contributed by atoms with Gasteiger partial charge in [-0.15, -0.1) is 0 Å². The maximum atomic E-state index is 11.7. The highest BCUT2D eigenvalue weighted by Gasteiger charge is 2.28. The molecule has 0 bridgehead atoms. The van der Waals surface area contributed by atoms with E-state index in [0.717, 1.165) is 11.3 Å². The Balaban J connectivity index is 2.50. The van der Waals surface area contributed by atoms with Crippen LogP contribution in [0.1, 0.15) is 19.4 Å². The smallest absolute Gasteiger partial charge is 0.353 e. The third kappa shape index (κ3) is 4.42. The summed E-state index contributed by atoms with van der Waals surface area (Å²) in [7, 11) is 1.58. The van der Waals surface area contributed by atoms with Gasteiger partial charge in [0.1, 0.15) is 6.33 Å². The van der Waals surface area contributed by atoms with E-state index < -0.39 is 4.92 Å². The van der Waals surface area contributed by atoms with E-state index in [4.69, 9.17) is 4.74 Å². The number of rotatable bonds is 8. The Kier molecular flexibility index (Phi) is 6.24. The number of nitrogens with zero attached hydrogens (tertiary/aromatic N) is 4. The maximum Gasteiger partial charge on any atom is 0.353 e. The predicted octanol–water partition coefficient (Wildman–Crippen LogP) is 3.30. The van der Waals surface area contributed by atoms with Crippen molar-refractivity contribution in [3.63, 3.8) is 0 Å². The molecule has 0 saturated carbocycles. The van der Waals surface area contributed by atoms with Crippen molar-refractivity contribution in [2.24, 2.45) is 0 Å². The van der Waals surface area contributed by atoms with Gasteiger partial charge in [0.05, 0.1) is 11.5 Å². The molecular weight excluding hydrogens is 322 g/mol. The third-order valence-electron chi connectivity index (χ3n) is 3.67. The number of ether oxygens (including phenoxy) is 1. The molecule has 0 radical (unpaired) electrons. The molecule has 0 aliphatic rings. The van der Waals surface area contributed by atoms with Gasteiger partial charge in [-0.2, -0.15) is 0 Å². The molecule has 8 nitrogen and oxygen atoms in total. The zero-order valence-electron chi connectivity index (χ0n) is 14.9. The molecule has 1 aromatic heterocycles. The molecule has 2 rings (SSSR count). The molecule has 8 heteroatoms. The molecule has 0 saturated heterocycles. The summed E-state index contributed by atoms with van der Waals surface area (Å²) in [5.74, 6) is 0.450. The van der Waals surface area contributed by atoms with Crippen molar-refractivity contribution in [1.82, 2.24) is 9.97 Å². The van der Waals surface area contributed by atoms with E-state index in [1.807, 2.05) is 45.0 Å². The van der Waals surface area contributed by atoms with Crippen LogP contribution >= 0.6 is 0 Å². The predicted molar refractivity (Wildman–Crippen MR) is 97.5 cm³/mol. The van der Waals surface area contributed by atoms with Gasteiger partial charge >= 0.3 is 5.69 Å². The summed E-state index contributed by atoms with van der Waals surface area (Å²) in [6.45, 7) is 6.72. The Bertz CT molecular complexity index is 738. The SMILES string of the molecule is CCN(c1cccc(C)c1)c1ncnc(NC(C)COC)c1[N+](=O)[O-].